The zero-order valence-electron chi connectivity index (χ0n) is 10.9. The van der Waals surface area contributed by atoms with E-state index in [9.17, 15) is 0 Å². The van der Waals surface area contributed by atoms with Crippen molar-refractivity contribution in [3.63, 3.8) is 0 Å². The standard InChI is InChI=1S/C13H15N5S/c1-9-5-11(18-12(6-9)16-8-17-18)15-7-10(2)13-14-3-4-19-13/h3-6,8,10,15H,7H2,1-2H3. The number of hydrogen-bond acceptors (Lipinski definition) is 5. The van der Waals surface area contributed by atoms with E-state index in [-0.39, 0.29) is 0 Å². The molecular formula is C13H15N5S. The largest absolute Gasteiger partial charge is 0.369 e. The first-order chi connectivity index (χ1) is 9.24. The van der Waals surface area contributed by atoms with Crippen LogP contribution in [-0.4, -0.2) is 26.1 Å². The molecule has 0 saturated carbocycles. The lowest BCUT2D eigenvalue weighted by Gasteiger charge is -2.12. The van der Waals surface area contributed by atoms with E-state index in [1.54, 1.807) is 17.7 Å². The van der Waals surface area contributed by atoms with Crippen LogP contribution < -0.4 is 5.32 Å². The highest BCUT2D eigenvalue weighted by Crippen LogP contribution is 2.19. The predicted molar refractivity (Wildman–Crippen MR) is 76.7 cm³/mol. The van der Waals surface area contributed by atoms with Gasteiger partial charge in [-0.25, -0.2) is 9.97 Å². The first-order valence-corrected chi connectivity index (χ1v) is 7.05. The normalized spacial score (nSPS) is 12.7. The molecule has 3 aromatic heterocycles. The quantitative estimate of drug-likeness (QED) is 0.794. The van der Waals surface area contributed by atoms with E-state index < -0.39 is 0 Å². The number of nitrogens with one attached hydrogen (secondary N) is 1. The predicted octanol–water partition coefficient (Wildman–Crippen LogP) is 2.71. The van der Waals surface area contributed by atoms with Gasteiger partial charge in [-0.05, 0) is 24.6 Å². The minimum absolute atomic E-state index is 0.374. The van der Waals surface area contributed by atoms with Gasteiger partial charge in [-0.2, -0.15) is 9.61 Å². The summed E-state index contributed by atoms with van der Waals surface area (Å²) < 4.78 is 1.82. The van der Waals surface area contributed by atoms with Crippen LogP contribution in [0, 0.1) is 6.92 Å². The van der Waals surface area contributed by atoms with Crippen molar-refractivity contribution in [1.82, 2.24) is 19.6 Å². The third kappa shape index (κ3) is 2.44. The molecule has 98 valence electrons. The summed E-state index contributed by atoms with van der Waals surface area (Å²) in [6.07, 6.45) is 3.42. The van der Waals surface area contributed by atoms with Crippen LogP contribution in [0.15, 0.2) is 30.0 Å². The maximum atomic E-state index is 4.34. The molecule has 0 aliphatic heterocycles. The Morgan fingerprint density at radius 2 is 2.26 bits per heavy atom. The van der Waals surface area contributed by atoms with Crippen LogP contribution in [0.2, 0.25) is 0 Å². The van der Waals surface area contributed by atoms with E-state index in [0.717, 1.165) is 23.0 Å². The van der Waals surface area contributed by atoms with Crippen molar-refractivity contribution in [3.05, 3.63) is 40.6 Å². The number of fused-ring (bicyclic) bond motifs is 1. The smallest absolute Gasteiger partial charge is 0.157 e. The molecular weight excluding hydrogens is 258 g/mol. The lowest BCUT2D eigenvalue weighted by molar-refractivity contribution is 0.785. The van der Waals surface area contributed by atoms with Gasteiger partial charge in [-0.3, -0.25) is 0 Å². The molecule has 19 heavy (non-hydrogen) atoms. The number of aromatic nitrogens is 4. The van der Waals surface area contributed by atoms with E-state index in [4.69, 9.17) is 0 Å². The van der Waals surface area contributed by atoms with Gasteiger partial charge in [0.15, 0.2) is 5.65 Å². The number of anilines is 1. The number of nitrogens with zero attached hydrogens (tertiary/aromatic N) is 4. The van der Waals surface area contributed by atoms with Gasteiger partial charge in [0.2, 0.25) is 0 Å². The molecule has 0 radical (unpaired) electrons. The number of pyridine rings is 1. The van der Waals surface area contributed by atoms with E-state index in [1.807, 2.05) is 22.2 Å². The molecule has 1 unspecified atom stereocenters. The Kier molecular flexibility index (Phi) is 3.16. The summed E-state index contributed by atoms with van der Waals surface area (Å²) in [5, 5.41) is 10.8. The Balaban J connectivity index is 1.80. The molecule has 3 rings (SSSR count). The van der Waals surface area contributed by atoms with E-state index >= 15 is 0 Å². The number of thiazole rings is 1. The fourth-order valence-electron chi connectivity index (χ4n) is 2.01. The van der Waals surface area contributed by atoms with E-state index in [1.165, 1.54) is 5.56 Å². The molecule has 0 amide bonds. The van der Waals surface area contributed by atoms with Gasteiger partial charge in [0.05, 0.1) is 5.01 Å². The van der Waals surface area contributed by atoms with Gasteiger partial charge in [-0.15, -0.1) is 11.3 Å². The molecule has 1 atom stereocenters. The molecule has 1 N–H and O–H groups in total. The lowest BCUT2D eigenvalue weighted by atomic mass is 10.2. The average Bonchev–Trinajstić information content (AvgIpc) is 3.05. The van der Waals surface area contributed by atoms with Crippen molar-refractivity contribution in [2.24, 2.45) is 0 Å². The summed E-state index contributed by atoms with van der Waals surface area (Å²) in [6.45, 7) is 5.05. The van der Waals surface area contributed by atoms with Gasteiger partial charge in [-0.1, -0.05) is 6.92 Å². The maximum Gasteiger partial charge on any atom is 0.157 e. The molecule has 5 nitrogen and oxygen atoms in total. The number of aryl methyl sites for hydroxylation is 1. The second-order valence-corrected chi connectivity index (χ2v) is 5.53. The molecule has 6 heteroatoms. The van der Waals surface area contributed by atoms with Crippen LogP contribution in [0.5, 0.6) is 0 Å². The highest BCUT2D eigenvalue weighted by atomic mass is 32.1. The Labute approximate surface area is 115 Å². The van der Waals surface area contributed by atoms with Crippen LogP contribution in [0.3, 0.4) is 0 Å². The van der Waals surface area contributed by atoms with Crippen LogP contribution in [-0.2, 0) is 0 Å². The summed E-state index contributed by atoms with van der Waals surface area (Å²) >= 11 is 1.69. The first-order valence-electron chi connectivity index (χ1n) is 6.17. The molecule has 0 aromatic carbocycles. The lowest BCUT2D eigenvalue weighted by Crippen LogP contribution is -2.12. The van der Waals surface area contributed by atoms with E-state index in [0.29, 0.717) is 5.92 Å². The van der Waals surface area contributed by atoms with Crippen LogP contribution in [0.4, 0.5) is 5.82 Å². The van der Waals surface area contributed by atoms with Crippen molar-refractivity contribution in [2.45, 2.75) is 19.8 Å². The van der Waals surface area contributed by atoms with Gasteiger partial charge in [0, 0.05) is 24.0 Å². The molecule has 0 bridgehead atoms. The molecule has 0 fully saturated rings. The SMILES string of the molecule is Cc1cc(NCC(C)c2nccs2)n2ncnc2c1. The maximum absolute atomic E-state index is 4.34. The second kappa shape index (κ2) is 4.97. The van der Waals surface area contributed by atoms with Gasteiger partial charge >= 0.3 is 0 Å². The Bertz CT molecular complexity index is 673. The minimum atomic E-state index is 0.374. The van der Waals surface area contributed by atoms with Crippen LogP contribution >= 0.6 is 11.3 Å². The van der Waals surface area contributed by atoms with E-state index in [2.05, 4.69) is 40.3 Å². The summed E-state index contributed by atoms with van der Waals surface area (Å²) in [6, 6.07) is 4.10. The molecule has 0 aliphatic carbocycles. The summed E-state index contributed by atoms with van der Waals surface area (Å²) in [7, 11) is 0. The van der Waals surface area contributed by atoms with Crippen molar-refractivity contribution in [3.8, 4) is 0 Å². The van der Waals surface area contributed by atoms with Gasteiger partial charge in [0.1, 0.15) is 12.1 Å². The minimum Gasteiger partial charge on any atom is -0.369 e. The third-order valence-electron chi connectivity index (χ3n) is 2.99. The van der Waals surface area contributed by atoms with Crippen molar-refractivity contribution in [2.75, 3.05) is 11.9 Å². The van der Waals surface area contributed by atoms with Crippen LogP contribution in [0.1, 0.15) is 23.4 Å². The van der Waals surface area contributed by atoms with Gasteiger partial charge < -0.3 is 5.32 Å². The number of hydrogen-bond donors (Lipinski definition) is 1. The highest BCUT2D eigenvalue weighted by molar-refractivity contribution is 7.09. The zero-order valence-corrected chi connectivity index (χ0v) is 11.7. The summed E-state index contributed by atoms with van der Waals surface area (Å²) in [5.74, 6) is 1.34. The van der Waals surface area contributed by atoms with Crippen molar-refractivity contribution < 1.29 is 0 Å². The van der Waals surface area contributed by atoms with Crippen molar-refractivity contribution >= 4 is 22.8 Å². The first kappa shape index (κ1) is 12.1. The summed E-state index contributed by atoms with van der Waals surface area (Å²) in [5.41, 5.74) is 2.04. The topological polar surface area (TPSA) is 55.1 Å². The average molecular weight is 273 g/mol. The van der Waals surface area contributed by atoms with Gasteiger partial charge in [0.25, 0.3) is 0 Å². The highest BCUT2D eigenvalue weighted by Gasteiger charge is 2.09. The Hall–Kier alpha value is -1.95. The van der Waals surface area contributed by atoms with Crippen LogP contribution in [0.25, 0.3) is 5.65 Å². The zero-order chi connectivity index (χ0) is 13.2. The molecule has 0 saturated heterocycles. The summed E-state index contributed by atoms with van der Waals surface area (Å²) in [4.78, 5) is 8.56. The molecule has 0 spiro atoms. The monoisotopic (exact) mass is 273 g/mol. The molecule has 3 heterocycles. The molecule has 0 aliphatic rings. The Morgan fingerprint density at radius 3 is 3.05 bits per heavy atom. The fourth-order valence-corrected chi connectivity index (χ4v) is 2.70. The third-order valence-corrected chi connectivity index (χ3v) is 3.99. The molecule has 3 aromatic rings. The van der Waals surface area contributed by atoms with Crippen molar-refractivity contribution in [1.29, 1.82) is 0 Å². The number of rotatable bonds is 4. The second-order valence-electron chi connectivity index (χ2n) is 4.60. The fraction of sp³-hybridized carbons (Fsp3) is 0.308. The Morgan fingerprint density at radius 1 is 1.37 bits per heavy atom.